The van der Waals surface area contributed by atoms with E-state index in [1.807, 2.05) is 30.1 Å². The van der Waals surface area contributed by atoms with Gasteiger partial charge in [-0.3, -0.25) is 14.7 Å². The van der Waals surface area contributed by atoms with Crippen molar-refractivity contribution in [2.45, 2.75) is 37.0 Å². The van der Waals surface area contributed by atoms with Gasteiger partial charge in [-0.2, -0.15) is 13.2 Å². The molecule has 0 unspecified atom stereocenters. The van der Waals surface area contributed by atoms with Gasteiger partial charge in [0.15, 0.2) is 0 Å². The van der Waals surface area contributed by atoms with E-state index in [2.05, 4.69) is 10.3 Å². The normalized spacial score (nSPS) is 23.5. The zero-order chi connectivity index (χ0) is 23.3. The summed E-state index contributed by atoms with van der Waals surface area (Å²) in [6, 6.07) is 9.02. The maximum Gasteiger partial charge on any atom is 0.416 e. The molecule has 1 aliphatic heterocycles. The van der Waals surface area contributed by atoms with Crippen LogP contribution in [0.5, 0.6) is 0 Å². The van der Waals surface area contributed by atoms with Crippen molar-refractivity contribution < 1.29 is 32.9 Å². The van der Waals surface area contributed by atoms with Gasteiger partial charge in [-0.1, -0.05) is 6.07 Å². The number of hydrogen-bond acceptors (Lipinski definition) is 6. The van der Waals surface area contributed by atoms with E-state index in [1.165, 1.54) is 0 Å². The lowest BCUT2D eigenvalue weighted by atomic mass is 10.0. The van der Waals surface area contributed by atoms with Crippen LogP contribution in [0.3, 0.4) is 0 Å². The van der Waals surface area contributed by atoms with Gasteiger partial charge in [0.1, 0.15) is 12.2 Å². The third-order valence-electron chi connectivity index (χ3n) is 5.54. The molecule has 1 saturated heterocycles. The smallest absolute Gasteiger partial charge is 0.394 e. The molecule has 1 aromatic carbocycles. The highest BCUT2D eigenvalue weighted by Gasteiger charge is 2.45. The molecule has 10 heteroatoms. The average molecular weight is 453 g/mol. The van der Waals surface area contributed by atoms with Crippen molar-refractivity contribution in [2.75, 3.05) is 26.7 Å². The van der Waals surface area contributed by atoms with Crippen molar-refractivity contribution in [1.29, 1.82) is 0 Å². The molecule has 0 saturated carbocycles. The lowest BCUT2D eigenvalue weighted by Crippen LogP contribution is -2.50. The summed E-state index contributed by atoms with van der Waals surface area (Å²) in [4.78, 5) is 18.6. The first kappa shape index (κ1) is 24.1. The highest BCUT2D eigenvalue weighted by molar-refractivity contribution is 5.94. The number of alkyl halides is 3. The number of pyridine rings is 1. The van der Waals surface area contributed by atoms with Gasteiger partial charge in [0.05, 0.1) is 24.3 Å². The molecule has 1 aromatic heterocycles. The molecule has 3 rings (SSSR count). The Kier molecular flexibility index (Phi) is 7.83. The highest BCUT2D eigenvalue weighted by Crippen LogP contribution is 2.29. The number of nitrogens with zero attached hydrogens (tertiary/aromatic N) is 2. The maximum absolute atomic E-state index is 12.7. The van der Waals surface area contributed by atoms with Crippen molar-refractivity contribution in [3.63, 3.8) is 0 Å². The van der Waals surface area contributed by atoms with E-state index in [1.54, 1.807) is 6.20 Å². The Morgan fingerprint density at radius 2 is 1.91 bits per heavy atom. The second kappa shape index (κ2) is 10.4. The fourth-order valence-corrected chi connectivity index (χ4v) is 3.78. The van der Waals surface area contributed by atoms with Crippen LogP contribution in [0.25, 0.3) is 0 Å². The monoisotopic (exact) mass is 453 g/mol. The minimum Gasteiger partial charge on any atom is -0.394 e. The number of amides is 1. The van der Waals surface area contributed by atoms with Crippen molar-refractivity contribution >= 4 is 5.91 Å². The van der Waals surface area contributed by atoms with E-state index < -0.39 is 42.0 Å². The summed E-state index contributed by atoms with van der Waals surface area (Å²) in [7, 11) is 1.81. The van der Waals surface area contributed by atoms with Gasteiger partial charge in [0.25, 0.3) is 5.91 Å². The second-order valence-electron chi connectivity index (χ2n) is 7.71. The Hall–Kier alpha value is -2.53. The summed E-state index contributed by atoms with van der Waals surface area (Å²) in [6.45, 7) is 0.199. The lowest BCUT2D eigenvalue weighted by Gasteiger charge is -2.30. The van der Waals surface area contributed by atoms with Gasteiger partial charge < -0.3 is 20.3 Å². The van der Waals surface area contributed by atoms with Gasteiger partial charge >= 0.3 is 6.18 Å². The number of aromatic nitrogens is 1. The lowest BCUT2D eigenvalue weighted by molar-refractivity contribution is -0.137. The van der Waals surface area contributed by atoms with Gasteiger partial charge in [-0.05, 0) is 43.4 Å². The molecule has 174 valence electrons. The van der Waals surface area contributed by atoms with E-state index in [9.17, 15) is 28.2 Å². The first-order valence-corrected chi connectivity index (χ1v) is 10.2. The standard InChI is InChI=1S/C22H26F3N3O4/c1-28(11-9-16-4-2-3-10-26-16)19-17(32-18(13-29)20(19)30)12-27-21(31)14-5-7-15(8-6-14)22(23,24)25/h2-8,10,17-20,29-30H,9,11-13H2,1H3,(H,27,31)/t17-,18+,19-,20-/m1/s1. The van der Waals surface area contributed by atoms with Crippen LogP contribution in [0, 0.1) is 0 Å². The third kappa shape index (κ3) is 5.83. The molecule has 0 bridgehead atoms. The first-order chi connectivity index (χ1) is 15.2. The summed E-state index contributed by atoms with van der Waals surface area (Å²) < 4.78 is 43.8. The van der Waals surface area contributed by atoms with E-state index in [4.69, 9.17) is 4.74 Å². The van der Waals surface area contributed by atoms with Crippen molar-refractivity contribution in [2.24, 2.45) is 0 Å². The molecule has 32 heavy (non-hydrogen) atoms. The van der Waals surface area contributed by atoms with Crippen LogP contribution in [0.4, 0.5) is 13.2 Å². The Morgan fingerprint density at radius 1 is 1.19 bits per heavy atom. The topological polar surface area (TPSA) is 94.9 Å². The van der Waals surface area contributed by atoms with Crippen LogP contribution in [-0.2, 0) is 17.3 Å². The first-order valence-electron chi connectivity index (χ1n) is 10.2. The van der Waals surface area contributed by atoms with Gasteiger partial charge in [0.2, 0.25) is 0 Å². The maximum atomic E-state index is 12.7. The zero-order valence-electron chi connectivity index (χ0n) is 17.5. The molecule has 3 N–H and O–H groups in total. The Bertz CT molecular complexity index is 880. The van der Waals surface area contributed by atoms with Crippen molar-refractivity contribution in [3.05, 3.63) is 65.5 Å². The molecule has 2 heterocycles. The van der Waals surface area contributed by atoms with Crippen LogP contribution >= 0.6 is 0 Å². The number of ether oxygens (including phenoxy) is 1. The molecular formula is C22H26F3N3O4. The number of aliphatic hydroxyl groups excluding tert-OH is 2. The van der Waals surface area contributed by atoms with Gasteiger partial charge in [-0.25, -0.2) is 0 Å². The number of rotatable bonds is 8. The molecule has 0 spiro atoms. The molecule has 4 atom stereocenters. The number of aliphatic hydroxyl groups is 2. The summed E-state index contributed by atoms with van der Waals surface area (Å²) in [5, 5.41) is 22.8. The highest BCUT2D eigenvalue weighted by atomic mass is 19.4. The molecule has 1 aliphatic rings. The molecule has 1 amide bonds. The van der Waals surface area contributed by atoms with E-state index in [-0.39, 0.29) is 18.7 Å². The molecule has 0 radical (unpaired) electrons. The predicted octanol–water partition coefficient (Wildman–Crippen LogP) is 1.49. The van der Waals surface area contributed by atoms with E-state index >= 15 is 0 Å². The molecular weight excluding hydrogens is 427 g/mol. The van der Waals surface area contributed by atoms with Crippen molar-refractivity contribution in [1.82, 2.24) is 15.2 Å². The summed E-state index contributed by atoms with van der Waals surface area (Å²) in [6.07, 6.45) is -4.53. The predicted molar refractivity (Wildman–Crippen MR) is 110 cm³/mol. The fraction of sp³-hybridized carbons (Fsp3) is 0.455. The number of likely N-dealkylation sites (N-methyl/N-ethyl adjacent to an activating group) is 1. The number of nitrogens with one attached hydrogen (secondary N) is 1. The summed E-state index contributed by atoms with van der Waals surface area (Å²) in [5.41, 5.74) is 0.130. The van der Waals surface area contributed by atoms with Crippen LogP contribution in [0.2, 0.25) is 0 Å². The number of hydrogen-bond donors (Lipinski definition) is 3. The van der Waals surface area contributed by atoms with E-state index in [0.29, 0.717) is 13.0 Å². The Balaban J connectivity index is 1.61. The SMILES string of the molecule is CN(CCc1ccccn1)[C@H]1[C@H](O)[C@H](CO)O[C@@H]1CNC(=O)c1ccc(C(F)(F)F)cc1. The molecule has 1 fully saturated rings. The molecule has 2 aromatic rings. The fourth-order valence-electron chi connectivity index (χ4n) is 3.78. The van der Waals surface area contributed by atoms with Crippen molar-refractivity contribution in [3.8, 4) is 0 Å². The van der Waals surface area contributed by atoms with Crippen LogP contribution < -0.4 is 5.32 Å². The molecule has 7 nitrogen and oxygen atoms in total. The minimum absolute atomic E-state index is 0.0199. The number of carbonyl (C=O) groups excluding carboxylic acids is 1. The Morgan fingerprint density at radius 3 is 2.50 bits per heavy atom. The quantitative estimate of drug-likeness (QED) is 0.561. The second-order valence-corrected chi connectivity index (χ2v) is 7.71. The number of benzene rings is 1. The Labute approximate surface area is 183 Å². The van der Waals surface area contributed by atoms with E-state index in [0.717, 1.165) is 30.0 Å². The summed E-state index contributed by atoms with van der Waals surface area (Å²) >= 11 is 0. The molecule has 0 aliphatic carbocycles. The van der Waals surface area contributed by atoms with Crippen LogP contribution in [0.1, 0.15) is 21.6 Å². The summed E-state index contributed by atoms with van der Waals surface area (Å²) in [5.74, 6) is -0.556. The average Bonchev–Trinajstić information content (AvgIpc) is 3.11. The zero-order valence-corrected chi connectivity index (χ0v) is 17.5. The third-order valence-corrected chi connectivity index (χ3v) is 5.54. The minimum atomic E-state index is -4.48. The van der Waals surface area contributed by atoms with Gasteiger partial charge in [0, 0.05) is 37.0 Å². The number of carbonyl (C=O) groups is 1. The largest absolute Gasteiger partial charge is 0.416 e. The number of halogens is 3. The van der Waals surface area contributed by atoms with Gasteiger partial charge in [-0.15, -0.1) is 0 Å². The van der Waals surface area contributed by atoms with Crippen LogP contribution in [0.15, 0.2) is 48.7 Å². The van der Waals surface area contributed by atoms with Crippen LogP contribution in [-0.4, -0.2) is 77.1 Å².